The summed E-state index contributed by atoms with van der Waals surface area (Å²) in [6.45, 7) is 5.51. The molecule has 77 heavy (non-hydrogen) atoms. The molecule has 0 aromatic carbocycles. The van der Waals surface area contributed by atoms with Gasteiger partial charge in [-0.2, -0.15) is 0 Å². The minimum absolute atomic E-state index is 0.0333. The molecule has 0 aromatic heterocycles. The van der Waals surface area contributed by atoms with Crippen molar-refractivity contribution in [2.24, 2.45) is 29.0 Å². The van der Waals surface area contributed by atoms with Crippen LogP contribution in [-0.2, 0) is 71.9 Å². The highest BCUT2D eigenvalue weighted by Crippen LogP contribution is 2.10. The van der Waals surface area contributed by atoms with E-state index in [9.17, 15) is 103 Å². The van der Waals surface area contributed by atoms with Gasteiger partial charge >= 0.3 is 23.9 Å². The zero-order chi connectivity index (χ0) is 59.4. The third-order valence-electron chi connectivity index (χ3n) is 10.6. The van der Waals surface area contributed by atoms with E-state index in [0.29, 0.717) is 0 Å². The van der Waals surface area contributed by atoms with Crippen LogP contribution < -0.4 is 65.1 Å². The molecule has 11 amide bonds. The standard InChI is InChI=1S/C44H72N12O21/c1-18(2)12-24(52-36(68)21(45)6-9-29(46)59)37(69)48-16-31(61)49-25(14-30(47)60)40(72)53-26(15-34(66)67)41(73)50-23(8-11-33(64)65)39(71)56-35(20(5)58)43(75)55-28(17-57)42(74)51-22(7-10-32(62)63)38(70)54-27(44(76)77)13-19(3)4/h18-28,35,57-58H,6-17,45H2,1-5H3,(H2,46,59)(H2,47,60)(H,48,69)(H,49,61)(H,50,73)(H,51,74)(H,52,68)(H,53,72)(H,54,70)(H,55,75)(H,56,71)(H,62,63)(H,64,65)(H,66,67)(H,76,77)/t20-,21+,22+,23+,24+,25+,26+,27+,28+,35+/m1/s1. The minimum atomic E-state index is -2.19. The highest BCUT2D eigenvalue weighted by atomic mass is 16.4. The number of rotatable bonds is 38. The van der Waals surface area contributed by atoms with E-state index in [2.05, 4.69) is 26.6 Å². The summed E-state index contributed by atoms with van der Waals surface area (Å²) in [4.78, 5) is 189. The molecule has 33 nitrogen and oxygen atoms in total. The molecule has 0 aliphatic heterocycles. The van der Waals surface area contributed by atoms with Crippen LogP contribution in [0.4, 0.5) is 0 Å². The van der Waals surface area contributed by atoms with Crippen LogP contribution in [0, 0.1) is 11.8 Å². The fourth-order valence-corrected chi connectivity index (χ4v) is 6.71. The molecule has 0 radical (unpaired) electrons. The number of nitrogens with two attached hydrogens (primary N) is 3. The molecule has 0 aliphatic carbocycles. The molecule has 0 fully saturated rings. The second-order valence-corrected chi connectivity index (χ2v) is 18.5. The predicted molar refractivity (Wildman–Crippen MR) is 260 cm³/mol. The zero-order valence-electron chi connectivity index (χ0n) is 43.0. The van der Waals surface area contributed by atoms with Crippen molar-refractivity contribution in [1.82, 2.24) is 47.9 Å². The average Bonchev–Trinajstić information content (AvgIpc) is 3.31. The van der Waals surface area contributed by atoms with Crippen molar-refractivity contribution >= 4 is 88.9 Å². The molecule has 434 valence electrons. The van der Waals surface area contributed by atoms with Gasteiger partial charge in [-0.05, 0) is 50.9 Å². The number of aliphatic hydroxyl groups is 2. The second kappa shape index (κ2) is 34.5. The summed E-state index contributed by atoms with van der Waals surface area (Å²) >= 11 is 0. The van der Waals surface area contributed by atoms with Gasteiger partial charge in [-0.1, -0.05) is 27.7 Å². The number of carboxylic acids is 4. The highest BCUT2D eigenvalue weighted by molar-refractivity contribution is 6.00. The van der Waals surface area contributed by atoms with Gasteiger partial charge in [-0.15, -0.1) is 0 Å². The van der Waals surface area contributed by atoms with Crippen molar-refractivity contribution in [3.63, 3.8) is 0 Å². The van der Waals surface area contributed by atoms with Crippen LogP contribution in [0.1, 0.15) is 98.8 Å². The third kappa shape index (κ3) is 28.4. The van der Waals surface area contributed by atoms with Crippen molar-refractivity contribution in [1.29, 1.82) is 0 Å². The number of hydrogen-bond donors (Lipinski definition) is 18. The first-order valence-electron chi connectivity index (χ1n) is 23.9. The lowest BCUT2D eigenvalue weighted by molar-refractivity contribution is -0.143. The molecule has 10 atom stereocenters. The average molecular weight is 1110 g/mol. The van der Waals surface area contributed by atoms with Crippen LogP contribution >= 0.6 is 0 Å². The van der Waals surface area contributed by atoms with E-state index in [1.165, 1.54) is 0 Å². The lowest BCUT2D eigenvalue weighted by atomic mass is 10.0. The molecular formula is C44H72N12O21. The Kier molecular flexibility index (Phi) is 30.9. The van der Waals surface area contributed by atoms with Crippen molar-refractivity contribution < 1.29 is 103 Å². The number of amides is 11. The lowest BCUT2D eigenvalue weighted by Gasteiger charge is -2.28. The Morgan fingerprint density at radius 3 is 1.27 bits per heavy atom. The molecule has 0 saturated carbocycles. The summed E-state index contributed by atoms with van der Waals surface area (Å²) in [5.41, 5.74) is 16.1. The van der Waals surface area contributed by atoms with Gasteiger partial charge in [-0.3, -0.25) is 67.1 Å². The van der Waals surface area contributed by atoms with Gasteiger partial charge in [0.2, 0.25) is 65.0 Å². The van der Waals surface area contributed by atoms with Crippen LogP contribution in [0.15, 0.2) is 0 Å². The van der Waals surface area contributed by atoms with Gasteiger partial charge in [-0.25, -0.2) is 4.79 Å². The van der Waals surface area contributed by atoms with Gasteiger partial charge in [0.15, 0.2) is 0 Å². The van der Waals surface area contributed by atoms with E-state index in [1.807, 2.05) is 21.3 Å². The van der Waals surface area contributed by atoms with Crippen molar-refractivity contribution in [2.45, 2.75) is 159 Å². The molecule has 0 heterocycles. The Morgan fingerprint density at radius 2 is 0.844 bits per heavy atom. The summed E-state index contributed by atoms with van der Waals surface area (Å²) in [6.07, 6.45) is -7.59. The first-order chi connectivity index (χ1) is 35.7. The van der Waals surface area contributed by atoms with Crippen LogP contribution in [0.5, 0.6) is 0 Å². The molecule has 33 heteroatoms. The summed E-state index contributed by atoms with van der Waals surface area (Å²) in [5, 5.41) is 77.3. The Morgan fingerprint density at radius 1 is 0.429 bits per heavy atom. The largest absolute Gasteiger partial charge is 0.481 e. The summed E-state index contributed by atoms with van der Waals surface area (Å²) in [6, 6.07) is -16.0. The summed E-state index contributed by atoms with van der Waals surface area (Å²) in [5.74, 6) is -19.7. The van der Waals surface area contributed by atoms with Gasteiger partial charge in [0.25, 0.3) is 0 Å². The number of aliphatic carboxylic acids is 4. The Hall–Kier alpha value is -8.07. The quantitative estimate of drug-likeness (QED) is 0.0273. The van der Waals surface area contributed by atoms with Crippen molar-refractivity contribution in [3.05, 3.63) is 0 Å². The van der Waals surface area contributed by atoms with E-state index in [0.717, 1.165) is 6.92 Å². The number of aliphatic hydroxyl groups excluding tert-OH is 2. The molecule has 0 spiro atoms. The maximum Gasteiger partial charge on any atom is 0.326 e. The maximum atomic E-state index is 13.7. The van der Waals surface area contributed by atoms with Crippen LogP contribution in [-0.4, -0.2) is 193 Å². The molecule has 21 N–H and O–H groups in total. The van der Waals surface area contributed by atoms with Gasteiger partial charge in [0.05, 0.1) is 38.1 Å². The first kappa shape index (κ1) is 68.9. The number of carbonyl (C=O) groups excluding carboxylic acids is 11. The summed E-state index contributed by atoms with van der Waals surface area (Å²) < 4.78 is 0. The Bertz CT molecular complexity index is 2160. The normalized spacial score (nSPS) is 14.9. The first-order valence-corrected chi connectivity index (χ1v) is 23.9. The molecular weight excluding hydrogens is 1030 g/mol. The smallest absolute Gasteiger partial charge is 0.326 e. The second-order valence-electron chi connectivity index (χ2n) is 18.5. The Labute approximate surface area is 440 Å². The molecule has 0 aliphatic rings. The van der Waals surface area contributed by atoms with E-state index in [1.54, 1.807) is 27.7 Å². The minimum Gasteiger partial charge on any atom is -0.481 e. The topological polar surface area (TPSA) is 564 Å². The highest BCUT2D eigenvalue weighted by Gasteiger charge is 2.37. The monoisotopic (exact) mass is 1100 g/mol. The number of carboxylic acid groups (broad SMARTS) is 4. The Balaban J connectivity index is 6.41. The fourth-order valence-electron chi connectivity index (χ4n) is 6.71. The maximum absolute atomic E-state index is 13.7. The number of nitrogens with one attached hydrogen (secondary N) is 9. The van der Waals surface area contributed by atoms with Crippen molar-refractivity contribution in [2.75, 3.05) is 13.2 Å². The predicted octanol–water partition coefficient (Wildman–Crippen LogP) is -7.80. The van der Waals surface area contributed by atoms with Gasteiger partial charge < -0.3 is 95.7 Å². The molecule has 0 rings (SSSR count). The lowest BCUT2D eigenvalue weighted by Crippen LogP contribution is -2.62. The SMILES string of the molecule is CC(C)C[C@H](NC(=O)[C@H](CCC(=O)O)NC(=O)[C@H](CO)NC(=O)[C@@H](NC(=O)[C@H](CCC(=O)O)NC(=O)[C@H](CC(=O)O)NC(=O)[C@H](CC(N)=O)NC(=O)CNC(=O)[C@H](CC(C)C)NC(=O)[C@@H](N)CCC(N)=O)[C@@H](C)O)C(=O)O. The van der Waals surface area contributed by atoms with Crippen LogP contribution in [0.25, 0.3) is 0 Å². The zero-order valence-corrected chi connectivity index (χ0v) is 43.0. The number of primary amides is 2. The van der Waals surface area contributed by atoms with Crippen LogP contribution in [0.2, 0.25) is 0 Å². The summed E-state index contributed by atoms with van der Waals surface area (Å²) in [7, 11) is 0. The fraction of sp³-hybridized carbons (Fsp3) is 0.659. The van der Waals surface area contributed by atoms with Gasteiger partial charge in [0.1, 0.15) is 48.3 Å². The third-order valence-corrected chi connectivity index (χ3v) is 10.6. The van der Waals surface area contributed by atoms with E-state index in [-0.39, 0.29) is 37.5 Å². The van der Waals surface area contributed by atoms with Crippen molar-refractivity contribution in [3.8, 4) is 0 Å². The van der Waals surface area contributed by atoms with E-state index >= 15 is 0 Å². The van der Waals surface area contributed by atoms with Gasteiger partial charge in [0, 0.05) is 19.3 Å². The number of hydrogen-bond acceptors (Lipinski definition) is 18. The van der Waals surface area contributed by atoms with Crippen LogP contribution in [0.3, 0.4) is 0 Å². The molecule has 0 unspecified atom stereocenters. The molecule has 0 saturated heterocycles. The van der Waals surface area contributed by atoms with E-state index < -0.39 is 201 Å². The molecule has 0 aromatic rings. The van der Waals surface area contributed by atoms with E-state index in [4.69, 9.17) is 17.2 Å². The molecule has 0 bridgehead atoms. The number of carbonyl (C=O) groups is 15.